The zero-order chi connectivity index (χ0) is 14.5. The summed E-state index contributed by atoms with van der Waals surface area (Å²) < 4.78 is 1.70. The molecule has 0 aliphatic rings. The van der Waals surface area contributed by atoms with Crippen LogP contribution in [0.15, 0.2) is 24.4 Å². The van der Waals surface area contributed by atoms with E-state index >= 15 is 0 Å². The second kappa shape index (κ2) is 6.62. The maximum absolute atomic E-state index is 12.0. The maximum Gasteiger partial charge on any atom is 0.268 e. The van der Waals surface area contributed by atoms with Gasteiger partial charge in [-0.2, -0.15) is 0 Å². The van der Waals surface area contributed by atoms with Crippen LogP contribution < -0.4 is 11.1 Å². The number of hydrogen-bond donors (Lipinski definition) is 2. The van der Waals surface area contributed by atoms with E-state index in [1.54, 1.807) is 35.2 Å². The number of aromatic nitrogens is 1. The van der Waals surface area contributed by atoms with Crippen molar-refractivity contribution in [3.8, 4) is 11.8 Å². The Labute approximate surface area is 126 Å². The number of halogens is 1. The minimum absolute atomic E-state index is 0.151. The number of nitrogens with one attached hydrogen (secondary N) is 1. The van der Waals surface area contributed by atoms with E-state index in [0.717, 1.165) is 9.75 Å². The lowest BCUT2D eigenvalue weighted by molar-refractivity contribution is 0.0943. The Morgan fingerprint density at radius 3 is 3.00 bits per heavy atom. The molecule has 0 bridgehead atoms. The molecule has 1 amide bonds. The summed E-state index contributed by atoms with van der Waals surface area (Å²) in [6.45, 7) is 0.814. The molecule has 4 nitrogen and oxygen atoms in total. The van der Waals surface area contributed by atoms with E-state index in [4.69, 9.17) is 17.3 Å². The molecule has 0 aliphatic carbocycles. The Balaban J connectivity index is 1.96. The first kappa shape index (κ1) is 14.7. The minimum atomic E-state index is -0.151. The molecule has 2 heterocycles. The van der Waals surface area contributed by atoms with Gasteiger partial charge in [0, 0.05) is 18.1 Å². The smallest absolute Gasteiger partial charge is 0.268 e. The summed E-state index contributed by atoms with van der Waals surface area (Å²) in [6, 6.07) is 5.51. The molecule has 3 N–H and O–H groups in total. The average Bonchev–Trinajstić information content (AvgIpc) is 3.00. The van der Waals surface area contributed by atoms with Gasteiger partial charge in [0.1, 0.15) is 5.69 Å². The van der Waals surface area contributed by atoms with E-state index in [1.165, 1.54) is 0 Å². The highest BCUT2D eigenvalue weighted by atomic mass is 35.5. The van der Waals surface area contributed by atoms with Gasteiger partial charge in [-0.05, 0) is 18.2 Å². The molecule has 2 aromatic heterocycles. The second-order valence-corrected chi connectivity index (χ2v) is 5.71. The van der Waals surface area contributed by atoms with Crippen molar-refractivity contribution in [2.24, 2.45) is 12.8 Å². The van der Waals surface area contributed by atoms with Crippen molar-refractivity contribution in [2.75, 3.05) is 6.54 Å². The van der Waals surface area contributed by atoms with Gasteiger partial charge in [0.05, 0.1) is 23.0 Å². The van der Waals surface area contributed by atoms with E-state index in [-0.39, 0.29) is 5.91 Å². The molecular formula is C14H14ClN3OS. The third-order valence-corrected chi connectivity index (χ3v) is 3.81. The SMILES string of the molecule is Cn1cc(Cl)cc1C(=O)NCc1ccc(C#CCN)s1. The summed E-state index contributed by atoms with van der Waals surface area (Å²) in [4.78, 5) is 14.0. The molecule has 0 atom stereocenters. The summed E-state index contributed by atoms with van der Waals surface area (Å²) >= 11 is 7.40. The zero-order valence-electron chi connectivity index (χ0n) is 10.9. The molecule has 0 aliphatic heterocycles. The van der Waals surface area contributed by atoms with Crippen molar-refractivity contribution in [1.29, 1.82) is 0 Å². The number of rotatable bonds is 3. The molecule has 0 saturated heterocycles. The largest absolute Gasteiger partial charge is 0.346 e. The summed E-state index contributed by atoms with van der Waals surface area (Å²) in [5, 5.41) is 3.41. The van der Waals surface area contributed by atoms with Gasteiger partial charge < -0.3 is 15.6 Å². The number of carbonyl (C=O) groups is 1. The molecule has 0 fully saturated rings. The number of aryl methyl sites for hydroxylation is 1. The lowest BCUT2D eigenvalue weighted by Crippen LogP contribution is -2.24. The fraction of sp³-hybridized carbons (Fsp3) is 0.214. The first-order valence-corrected chi connectivity index (χ1v) is 7.17. The predicted molar refractivity (Wildman–Crippen MR) is 81.8 cm³/mol. The van der Waals surface area contributed by atoms with E-state index in [2.05, 4.69) is 17.2 Å². The number of nitrogens with zero attached hydrogens (tertiary/aromatic N) is 1. The quantitative estimate of drug-likeness (QED) is 0.852. The van der Waals surface area contributed by atoms with Crippen LogP contribution in [-0.2, 0) is 13.6 Å². The van der Waals surface area contributed by atoms with Gasteiger partial charge in [0.25, 0.3) is 5.91 Å². The number of carbonyl (C=O) groups excluding carboxylic acids is 1. The van der Waals surface area contributed by atoms with Crippen LogP contribution in [0.5, 0.6) is 0 Å². The van der Waals surface area contributed by atoms with Crippen molar-refractivity contribution < 1.29 is 4.79 Å². The van der Waals surface area contributed by atoms with Crippen LogP contribution in [0.25, 0.3) is 0 Å². The fourth-order valence-electron chi connectivity index (χ4n) is 1.69. The zero-order valence-corrected chi connectivity index (χ0v) is 12.5. The summed E-state index contributed by atoms with van der Waals surface area (Å²) in [7, 11) is 1.78. The Morgan fingerprint density at radius 1 is 1.55 bits per heavy atom. The van der Waals surface area contributed by atoms with Crippen molar-refractivity contribution in [1.82, 2.24) is 9.88 Å². The van der Waals surface area contributed by atoms with Crippen LogP contribution in [0, 0.1) is 11.8 Å². The molecule has 6 heteroatoms. The third kappa shape index (κ3) is 3.64. The molecule has 104 valence electrons. The van der Waals surface area contributed by atoms with Crippen LogP contribution in [0.1, 0.15) is 20.2 Å². The van der Waals surface area contributed by atoms with Gasteiger partial charge >= 0.3 is 0 Å². The molecule has 2 aromatic rings. The van der Waals surface area contributed by atoms with E-state index in [9.17, 15) is 4.79 Å². The highest BCUT2D eigenvalue weighted by Gasteiger charge is 2.11. The molecule has 20 heavy (non-hydrogen) atoms. The van der Waals surface area contributed by atoms with Crippen molar-refractivity contribution in [2.45, 2.75) is 6.54 Å². The van der Waals surface area contributed by atoms with Gasteiger partial charge in [0.2, 0.25) is 0 Å². The second-order valence-electron chi connectivity index (χ2n) is 4.11. The Morgan fingerprint density at radius 2 is 2.35 bits per heavy atom. The summed E-state index contributed by atoms with van der Waals surface area (Å²) in [5.41, 5.74) is 5.86. The first-order chi connectivity index (χ1) is 9.60. The number of nitrogens with two attached hydrogens (primary N) is 1. The molecule has 2 rings (SSSR count). The molecule has 0 radical (unpaired) electrons. The van der Waals surface area contributed by atoms with Crippen molar-refractivity contribution in [3.63, 3.8) is 0 Å². The number of amides is 1. The number of thiophene rings is 1. The normalized spacial score (nSPS) is 9.95. The van der Waals surface area contributed by atoms with E-state index in [1.807, 2.05) is 12.1 Å². The van der Waals surface area contributed by atoms with Gasteiger partial charge in [-0.1, -0.05) is 23.4 Å². The lowest BCUT2D eigenvalue weighted by Gasteiger charge is -2.04. The van der Waals surface area contributed by atoms with Gasteiger partial charge in [-0.3, -0.25) is 4.79 Å². The Kier molecular flexibility index (Phi) is 4.85. The van der Waals surface area contributed by atoms with Crippen LogP contribution in [0.3, 0.4) is 0 Å². The number of hydrogen-bond acceptors (Lipinski definition) is 3. The van der Waals surface area contributed by atoms with Gasteiger partial charge in [-0.15, -0.1) is 11.3 Å². The van der Waals surface area contributed by atoms with Crippen molar-refractivity contribution >= 4 is 28.8 Å². The van der Waals surface area contributed by atoms with Crippen LogP contribution in [0.2, 0.25) is 5.02 Å². The van der Waals surface area contributed by atoms with Crippen molar-refractivity contribution in [3.05, 3.63) is 44.9 Å². The van der Waals surface area contributed by atoms with Gasteiger partial charge in [0.15, 0.2) is 0 Å². The molecule has 0 spiro atoms. The topological polar surface area (TPSA) is 60.0 Å². The van der Waals surface area contributed by atoms with Crippen LogP contribution in [0.4, 0.5) is 0 Å². The highest BCUT2D eigenvalue weighted by molar-refractivity contribution is 7.12. The fourth-order valence-corrected chi connectivity index (χ4v) is 2.76. The highest BCUT2D eigenvalue weighted by Crippen LogP contribution is 2.16. The van der Waals surface area contributed by atoms with Crippen LogP contribution >= 0.6 is 22.9 Å². The molecule has 0 saturated carbocycles. The minimum Gasteiger partial charge on any atom is -0.346 e. The molecular weight excluding hydrogens is 294 g/mol. The maximum atomic E-state index is 12.0. The van der Waals surface area contributed by atoms with E-state index in [0.29, 0.717) is 23.8 Å². The average molecular weight is 308 g/mol. The van der Waals surface area contributed by atoms with Gasteiger partial charge in [-0.25, -0.2) is 0 Å². The Hall–Kier alpha value is -1.74. The first-order valence-electron chi connectivity index (χ1n) is 5.98. The summed E-state index contributed by atoms with van der Waals surface area (Å²) in [6.07, 6.45) is 1.70. The lowest BCUT2D eigenvalue weighted by atomic mass is 10.3. The monoisotopic (exact) mass is 307 g/mol. The molecule has 0 unspecified atom stereocenters. The Bertz CT molecular complexity index is 678. The standard InChI is InChI=1S/C14H14ClN3OS/c1-18-9-10(15)7-13(18)14(19)17-8-12-5-4-11(20-12)3-2-6-16/h4-5,7,9H,6,8,16H2,1H3,(H,17,19). The molecule has 0 aromatic carbocycles. The third-order valence-electron chi connectivity index (χ3n) is 2.60. The van der Waals surface area contributed by atoms with Crippen LogP contribution in [-0.4, -0.2) is 17.0 Å². The predicted octanol–water partition coefficient (Wildman–Crippen LogP) is 1.98. The van der Waals surface area contributed by atoms with E-state index < -0.39 is 0 Å². The summed E-state index contributed by atoms with van der Waals surface area (Å²) in [5.74, 6) is 5.62.